The number of aryl methyl sites for hydroxylation is 1. The zero-order chi connectivity index (χ0) is 19.2. The van der Waals surface area contributed by atoms with E-state index in [9.17, 15) is 4.79 Å². The first kappa shape index (κ1) is 20.3. The molecule has 0 aliphatic rings. The van der Waals surface area contributed by atoms with E-state index < -0.39 is 0 Å². The number of anilines is 1. The summed E-state index contributed by atoms with van der Waals surface area (Å²) in [5.41, 5.74) is 3.20. The van der Waals surface area contributed by atoms with Crippen LogP contribution in [-0.2, 0) is 10.2 Å². The van der Waals surface area contributed by atoms with Gasteiger partial charge in [-0.05, 0) is 60.6 Å². The Bertz CT molecular complexity index is 738. The van der Waals surface area contributed by atoms with Crippen LogP contribution in [0.15, 0.2) is 42.5 Å². The highest BCUT2D eigenvalue weighted by Gasteiger charge is 2.17. The fourth-order valence-electron chi connectivity index (χ4n) is 2.52. The highest BCUT2D eigenvalue weighted by Crippen LogP contribution is 2.28. The van der Waals surface area contributed by atoms with Crippen LogP contribution >= 0.6 is 11.6 Å². The molecule has 1 N–H and O–H groups in total. The number of benzene rings is 2. The van der Waals surface area contributed by atoms with Crippen LogP contribution in [0, 0.1) is 6.92 Å². The topological polar surface area (TPSA) is 38.3 Å². The quantitative estimate of drug-likeness (QED) is 0.565. The first-order valence-electron chi connectivity index (χ1n) is 9.11. The van der Waals surface area contributed by atoms with Crippen LogP contribution in [0.1, 0.15) is 51.2 Å². The minimum Gasteiger partial charge on any atom is -0.494 e. The van der Waals surface area contributed by atoms with E-state index in [-0.39, 0.29) is 11.3 Å². The van der Waals surface area contributed by atoms with Crippen LogP contribution in [0.5, 0.6) is 5.75 Å². The van der Waals surface area contributed by atoms with Gasteiger partial charge in [-0.3, -0.25) is 4.79 Å². The lowest BCUT2D eigenvalue weighted by Crippen LogP contribution is -2.15. The summed E-state index contributed by atoms with van der Waals surface area (Å²) in [6.07, 6.45) is 2.16. The van der Waals surface area contributed by atoms with E-state index in [1.165, 1.54) is 5.56 Å². The molecule has 1 amide bonds. The molecule has 26 heavy (non-hydrogen) atoms. The molecular formula is C22H28ClNO2. The van der Waals surface area contributed by atoms with E-state index in [2.05, 4.69) is 38.2 Å². The molecule has 0 fully saturated rings. The maximum absolute atomic E-state index is 12.0. The highest BCUT2D eigenvalue weighted by atomic mass is 35.5. The predicted octanol–water partition coefficient (Wildman–Crippen LogP) is 6.13. The smallest absolute Gasteiger partial charge is 0.224 e. The molecule has 2 aromatic carbocycles. The van der Waals surface area contributed by atoms with Crippen molar-refractivity contribution >= 4 is 23.2 Å². The molecule has 2 rings (SSSR count). The second-order valence-corrected chi connectivity index (χ2v) is 7.63. The average molecular weight is 374 g/mol. The Morgan fingerprint density at radius 1 is 1.15 bits per heavy atom. The molecule has 4 heteroatoms. The molecule has 0 heterocycles. The zero-order valence-corrected chi connectivity index (χ0v) is 16.8. The lowest BCUT2D eigenvalue weighted by molar-refractivity contribution is -0.116. The summed E-state index contributed by atoms with van der Waals surface area (Å²) in [6.45, 7) is 9.12. The summed E-state index contributed by atoms with van der Waals surface area (Å²) in [7, 11) is 0. The minimum absolute atomic E-state index is 0.0337. The monoisotopic (exact) mass is 373 g/mol. The van der Waals surface area contributed by atoms with Gasteiger partial charge in [0.2, 0.25) is 5.91 Å². The molecule has 140 valence electrons. The van der Waals surface area contributed by atoms with Crippen LogP contribution < -0.4 is 10.1 Å². The van der Waals surface area contributed by atoms with Crippen molar-refractivity contribution in [3.05, 3.63) is 58.6 Å². The molecule has 0 atom stereocenters. The lowest BCUT2D eigenvalue weighted by Gasteiger charge is -2.23. The number of nitrogens with one attached hydrogen (secondary N) is 1. The van der Waals surface area contributed by atoms with E-state index in [4.69, 9.17) is 16.3 Å². The van der Waals surface area contributed by atoms with Gasteiger partial charge in [0.15, 0.2) is 0 Å². The molecule has 2 aromatic rings. The van der Waals surface area contributed by atoms with Gasteiger partial charge in [0.1, 0.15) is 5.75 Å². The number of hydrogen-bond acceptors (Lipinski definition) is 2. The molecule has 0 aliphatic heterocycles. The third-order valence-electron chi connectivity index (χ3n) is 4.79. The van der Waals surface area contributed by atoms with Crippen molar-refractivity contribution in [1.82, 2.24) is 0 Å². The van der Waals surface area contributed by atoms with Crippen LogP contribution in [0.2, 0.25) is 5.02 Å². The van der Waals surface area contributed by atoms with Crippen molar-refractivity contribution in [2.24, 2.45) is 0 Å². The molecule has 0 spiro atoms. The van der Waals surface area contributed by atoms with Crippen molar-refractivity contribution in [1.29, 1.82) is 0 Å². The normalized spacial score (nSPS) is 11.3. The number of carbonyl (C=O) groups excluding carboxylic acids is 1. The summed E-state index contributed by atoms with van der Waals surface area (Å²) >= 11 is 6.07. The van der Waals surface area contributed by atoms with Crippen molar-refractivity contribution in [3.8, 4) is 5.75 Å². The molecule has 0 saturated heterocycles. The van der Waals surface area contributed by atoms with Crippen molar-refractivity contribution in [2.75, 3.05) is 11.9 Å². The molecule has 0 radical (unpaired) electrons. The third-order valence-corrected chi connectivity index (χ3v) is 5.20. The molecule has 0 bridgehead atoms. The minimum atomic E-state index is -0.0337. The van der Waals surface area contributed by atoms with Crippen molar-refractivity contribution in [3.63, 3.8) is 0 Å². The second kappa shape index (κ2) is 9.09. The summed E-state index contributed by atoms with van der Waals surface area (Å²) in [6, 6.07) is 13.8. The number of halogens is 1. The Balaban J connectivity index is 1.74. The van der Waals surface area contributed by atoms with Gasteiger partial charge < -0.3 is 10.1 Å². The Kier molecular flexibility index (Phi) is 7.10. The molecule has 0 saturated carbocycles. The van der Waals surface area contributed by atoms with Crippen LogP contribution in [0.25, 0.3) is 0 Å². The Morgan fingerprint density at radius 2 is 1.85 bits per heavy atom. The van der Waals surface area contributed by atoms with Gasteiger partial charge in [-0.1, -0.05) is 50.6 Å². The fraction of sp³-hybridized carbons (Fsp3) is 0.409. The molecular weight excluding hydrogens is 346 g/mol. The second-order valence-electron chi connectivity index (χ2n) is 7.23. The van der Waals surface area contributed by atoms with E-state index in [1.807, 2.05) is 31.2 Å². The van der Waals surface area contributed by atoms with E-state index in [1.54, 1.807) is 6.07 Å². The number of ether oxygens (including phenoxy) is 1. The van der Waals surface area contributed by atoms with Crippen LogP contribution in [0.3, 0.4) is 0 Å². The predicted molar refractivity (Wildman–Crippen MR) is 109 cm³/mol. The summed E-state index contributed by atoms with van der Waals surface area (Å²) < 4.78 is 5.74. The van der Waals surface area contributed by atoms with E-state index >= 15 is 0 Å². The van der Waals surface area contributed by atoms with Gasteiger partial charge in [-0.15, -0.1) is 0 Å². The summed E-state index contributed by atoms with van der Waals surface area (Å²) in [5.74, 6) is 0.806. The third kappa shape index (κ3) is 5.77. The number of rotatable bonds is 8. The zero-order valence-electron chi connectivity index (χ0n) is 16.1. The van der Waals surface area contributed by atoms with Gasteiger partial charge in [0.25, 0.3) is 0 Å². The van der Waals surface area contributed by atoms with Gasteiger partial charge in [0, 0.05) is 17.1 Å². The van der Waals surface area contributed by atoms with Gasteiger partial charge in [-0.2, -0.15) is 0 Å². The van der Waals surface area contributed by atoms with Gasteiger partial charge in [0.05, 0.1) is 6.61 Å². The van der Waals surface area contributed by atoms with Crippen LogP contribution in [-0.4, -0.2) is 12.5 Å². The Labute approximate surface area is 161 Å². The van der Waals surface area contributed by atoms with Crippen LogP contribution in [0.4, 0.5) is 5.69 Å². The standard InChI is InChI=1S/C22H28ClNO2/c1-5-22(3,4)17-9-12-19(13-10-17)26-14-6-7-21(25)24-18-11-8-16(2)20(23)15-18/h8-13,15H,5-7,14H2,1-4H3,(H,24,25). The molecule has 0 aromatic heterocycles. The largest absolute Gasteiger partial charge is 0.494 e. The SMILES string of the molecule is CCC(C)(C)c1ccc(OCCCC(=O)Nc2ccc(C)c(Cl)c2)cc1. The molecule has 3 nitrogen and oxygen atoms in total. The van der Waals surface area contributed by atoms with E-state index in [0.717, 1.165) is 23.4 Å². The van der Waals surface area contributed by atoms with Crippen molar-refractivity contribution in [2.45, 2.75) is 52.4 Å². The Morgan fingerprint density at radius 3 is 2.46 bits per heavy atom. The fourth-order valence-corrected chi connectivity index (χ4v) is 2.70. The summed E-state index contributed by atoms with van der Waals surface area (Å²) in [5, 5.41) is 3.51. The van der Waals surface area contributed by atoms with E-state index in [0.29, 0.717) is 24.5 Å². The number of hydrogen-bond donors (Lipinski definition) is 1. The van der Waals surface area contributed by atoms with Crippen molar-refractivity contribution < 1.29 is 9.53 Å². The maximum atomic E-state index is 12.0. The van der Waals surface area contributed by atoms with Gasteiger partial charge in [-0.25, -0.2) is 0 Å². The lowest BCUT2D eigenvalue weighted by atomic mass is 9.82. The molecule has 0 unspecified atom stereocenters. The number of amides is 1. The summed E-state index contributed by atoms with van der Waals surface area (Å²) in [4.78, 5) is 12.0. The first-order valence-corrected chi connectivity index (χ1v) is 9.49. The number of carbonyl (C=O) groups is 1. The van der Waals surface area contributed by atoms with Gasteiger partial charge >= 0.3 is 0 Å². The highest BCUT2D eigenvalue weighted by molar-refractivity contribution is 6.31. The molecule has 0 aliphatic carbocycles. The Hall–Kier alpha value is -2.00. The average Bonchev–Trinajstić information content (AvgIpc) is 2.62. The maximum Gasteiger partial charge on any atom is 0.224 e. The first-order chi connectivity index (χ1) is 12.3.